The van der Waals surface area contributed by atoms with Gasteiger partial charge in [0.1, 0.15) is 0 Å². The molecule has 4 nitrogen and oxygen atoms in total. The Bertz CT molecular complexity index is 809. The molecule has 3 heterocycles. The van der Waals surface area contributed by atoms with Crippen LogP contribution in [0.5, 0.6) is 0 Å². The number of pyridine rings is 1. The summed E-state index contributed by atoms with van der Waals surface area (Å²) in [6.07, 6.45) is 7.69. The molecule has 1 aliphatic heterocycles. The maximum absolute atomic E-state index is 4.62. The summed E-state index contributed by atoms with van der Waals surface area (Å²) >= 11 is 0. The van der Waals surface area contributed by atoms with Gasteiger partial charge in [-0.15, -0.1) is 0 Å². The lowest BCUT2D eigenvalue weighted by molar-refractivity contribution is 0.199. The van der Waals surface area contributed by atoms with E-state index in [0.29, 0.717) is 0 Å². The van der Waals surface area contributed by atoms with Crippen LogP contribution in [0.25, 0.3) is 0 Å². The van der Waals surface area contributed by atoms with Gasteiger partial charge in [-0.2, -0.15) is 0 Å². The van der Waals surface area contributed by atoms with E-state index in [-0.39, 0.29) is 6.04 Å². The van der Waals surface area contributed by atoms with Gasteiger partial charge in [-0.05, 0) is 29.2 Å². The number of aryl methyl sites for hydroxylation is 1. The lowest BCUT2D eigenvalue weighted by Gasteiger charge is -2.35. The normalized spacial score (nSPS) is 17.6. The van der Waals surface area contributed by atoms with Crippen molar-refractivity contribution in [2.75, 3.05) is 6.54 Å². The molecule has 0 saturated carbocycles. The molecule has 0 spiro atoms. The number of hydrogen-bond donors (Lipinski definition) is 1. The monoisotopic (exact) mass is 318 g/mol. The third kappa shape index (κ3) is 2.74. The Balaban J connectivity index is 1.71. The standard InChI is InChI=1S/C20H22N4/c1-2-15-6-3-4-7-17(15)13-24-11-9-18-19(23-14-22-18)20(24)16-8-5-10-21-12-16/h3-8,10,12,14,20H,2,9,11,13H2,1H3,(H,22,23). The summed E-state index contributed by atoms with van der Waals surface area (Å²) in [6.45, 7) is 4.18. The largest absolute Gasteiger partial charge is 0.348 e. The summed E-state index contributed by atoms with van der Waals surface area (Å²) < 4.78 is 0. The van der Waals surface area contributed by atoms with E-state index in [0.717, 1.165) is 31.6 Å². The van der Waals surface area contributed by atoms with Crippen molar-refractivity contribution in [3.63, 3.8) is 0 Å². The Labute approximate surface area is 142 Å². The van der Waals surface area contributed by atoms with Gasteiger partial charge < -0.3 is 4.98 Å². The highest BCUT2D eigenvalue weighted by Gasteiger charge is 2.31. The van der Waals surface area contributed by atoms with Gasteiger partial charge in [-0.25, -0.2) is 4.98 Å². The number of fused-ring (bicyclic) bond motifs is 1. The Morgan fingerprint density at radius 3 is 2.83 bits per heavy atom. The first-order valence-electron chi connectivity index (χ1n) is 8.59. The van der Waals surface area contributed by atoms with E-state index in [2.05, 4.69) is 57.1 Å². The second-order valence-electron chi connectivity index (χ2n) is 6.30. The van der Waals surface area contributed by atoms with Crippen LogP contribution < -0.4 is 0 Å². The van der Waals surface area contributed by atoms with Gasteiger partial charge in [0.2, 0.25) is 0 Å². The summed E-state index contributed by atoms with van der Waals surface area (Å²) in [5, 5.41) is 0. The second-order valence-corrected chi connectivity index (χ2v) is 6.30. The smallest absolute Gasteiger partial charge is 0.0926 e. The molecule has 0 radical (unpaired) electrons. The first kappa shape index (κ1) is 15.1. The average Bonchev–Trinajstić information content (AvgIpc) is 3.11. The maximum atomic E-state index is 4.62. The zero-order valence-corrected chi connectivity index (χ0v) is 13.9. The molecule has 0 aliphatic carbocycles. The van der Waals surface area contributed by atoms with Crippen molar-refractivity contribution >= 4 is 0 Å². The van der Waals surface area contributed by atoms with E-state index in [1.165, 1.54) is 22.4 Å². The van der Waals surface area contributed by atoms with Gasteiger partial charge in [0, 0.05) is 37.6 Å². The number of H-pyrrole nitrogens is 1. The van der Waals surface area contributed by atoms with E-state index in [1.54, 1.807) is 0 Å². The van der Waals surface area contributed by atoms with Crippen LogP contribution in [0.1, 0.15) is 41.0 Å². The molecule has 0 amide bonds. The Hall–Kier alpha value is -2.46. The Morgan fingerprint density at radius 2 is 2.04 bits per heavy atom. The van der Waals surface area contributed by atoms with Crippen LogP contribution in [-0.4, -0.2) is 26.4 Å². The van der Waals surface area contributed by atoms with Gasteiger partial charge in [0.15, 0.2) is 0 Å². The number of benzene rings is 1. The fourth-order valence-corrected chi connectivity index (χ4v) is 3.68. The van der Waals surface area contributed by atoms with Crippen molar-refractivity contribution in [2.45, 2.75) is 32.4 Å². The van der Waals surface area contributed by atoms with Gasteiger partial charge in [-0.3, -0.25) is 9.88 Å². The van der Waals surface area contributed by atoms with Gasteiger partial charge in [0.25, 0.3) is 0 Å². The predicted molar refractivity (Wildman–Crippen MR) is 94.6 cm³/mol. The molecule has 1 unspecified atom stereocenters. The zero-order chi connectivity index (χ0) is 16.4. The third-order valence-electron chi connectivity index (χ3n) is 4.90. The van der Waals surface area contributed by atoms with Gasteiger partial charge in [-0.1, -0.05) is 37.3 Å². The average molecular weight is 318 g/mol. The van der Waals surface area contributed by atoms with E-state index in [9.17, 15) is 0 Å². The molecule has 1 aliphatic rings. The minimum absolute atomic E-state index is 0.165. The fraction of sp³-hybridized carbons (Fsp3) is 0.300. The van der Waals surface area contributed by atoms with Crippen LogP contribution in [-0.2, 0) is 19.4 Å². The number of nitrogens with zero attached hydrogens (tertiary/aromatic N) is 3. The van der Waals surface area contributed by atoms with Crippen molar-refractivity contribution in [2.24, 2.45) is 0 Å². The number of imidazole rings is 1. The summed E-state index contributed by atoms with van der Waals surface area (Å²) in [5.74, 6) is 0. The number of aromatic amines is 1. The summed E-state index contributed by atoms with van der Waals surface area (Å²) in [5.41, 5.74) is 6.44. The van der Waals surface area contributed by atoms with Crippen LogP contribution in [0.15, 0.2) is 55.1 Å². The minimum atomic E-state index is 0.165. The molecule has 4 heteroatoms. The van der Waals surface area contributed by atoms with Crippen LogP contribution >= 0.6 is 0 Å². The molecule has 1 N–H and O–H groups in total. The van der Waals surface area contributed by atoms with Gasteiger partial charge >= 0.3 is 0 Å². The van der Waals surface area contributed by atoms with E-state index in [1.807, 2.05) is 24.8 Å². The Kier molecular flexibility index (Phi) is 4.13. The molecule has 0 fully saturated rings. The number of aromatic nitrogens is 3. The highest BCUT2D eigenvalue weighted by Crippen LogP contribution is 2.34. The molecule has 24 heavy (non-hydrogen) atoms. The van der Waals surface area contributed by atoms with Crippen molar-refractivity contribution < 1.29 is 0 Å². The summed E-state index contributed by atoms with van der Waals surface area (Å²) in [6, 6.07) is 13.1. The molecular formula is C20H22N4. The van der Waals surface area contributed by atoms with Crippen LogP contribution in [0.2, 0.25) is 0 Å². The van der Waals surface area contributed by atoms with E-state index < -0.39 is 0 Å². The first-order chi connectivity index (χ1) is 11.9. The van der Waals surface area contributed by atoms with Crippen LogP contribution in [0.4, 0.5) is 0 Å². The predicted octanol–water partition coefficient (Wildman–Crippen LogP) is 3.51. The van der Waals surface area contributed by atoms with E-state index in [4.69, 9.17) is 0 Å². The molecular weight excluding hydrogens is 296 g/mol. The van der Waals surface area contributed by atoms with Gasteiger partial charge in [0.05, 0.1) is 18.1 Å². The first-order valence-corrected chi connectivity index (χ1v) is 8.59. The van der Waals surface area contributed by atoms with Crippen LogP contribution in [0.3, 0.4) is 0 Å². The van der Waals surface area contributed by atoms with Crippen molar-refractivity contribution in [3.8, 4) is 0 Å². The molecule has 1 atom stereocenters. The quantitative estimate of drug-likeness (QED) is 0.800. The van der Waals surface area contributed by atoms with Crippen LogP contribution in [0, 0.1) is 0 Å². The number of hydrogen-bond acceptors (Lipinski definition) is 3. The summed E-state index contributed by atoms with van der Waals surface area (Å²) in [7, 11) is 0. The highest BCUT2D eigenvalue weighted by molar-refractivity contribution is 5.33. The van der Waals surface area contributed by atoms with Crippen molar-refractivity contribution in [1.82, 2.24) is 19.9 Å². The topological polar surface area (TPSA) is 44.8 Å². The SMILES string of the molecule is CCc1ccccc1CN1CCc2[nH]cnc2C1c1cccnc1. The molecule has 4 rings (SSSR count). The van der Waals surface area contributed by atoms with E-state index >= 15 is 0 Å². The third-order valence-corrected chi connectivity index (χ3v) is 4.90. The number of nitrogens with one attached hydrogen (secondary N) is 1. The number of rotatable bonds is 4. The van der Waals surface area contributed by atoms with Crippen molar-refractivity contribution in [1.29, 1.82) is 0 Å². The molecule has 0 bridgehead atoms. The lowest BCUT2D eigenvalue weighted by Crippen LogP contribution is -2.36. The highest BCUT2D eigenvalue weighted by atomic mass is 15.2. The molecule has 122 valence electrons. The second kappa shape index (κ2) is 6.57. The lowest BCUT2D eigenvalue weighted by atomic mass is 9.95. The zero-order valence-electron chi connectivity index (χ0n) is 13.9. The fourth-order valence-electron chi connectivity index (χ4n) is 3.68. The molecule has 3 aromatic rings. The Morgan fingerprint density at radius 1 is 1.17 bits per heavy atom. The minimum Gasteiger partial charge on any atom is -0.348 e. The van der Waals surface area contributed by atoms with Crippen molar-refractivity contribution in [3.05, 3.63) is 83.2 Å². The molecule has 2 aromatic heterocycles. The maximum Gasteiger partial charge on any atom is 0.0926 e. The molecule has 0 saturated heterocycles. The molecule has 1 aromatic carbocycles. The summed E-state index contributed by atoms with van der Waals surface area (Å²) in [4.78, 5) is 14.8.